The van der Waals surface area contributed by atoms with Crippen LogP contribution in [0.15, 0.2) is 22.7 Å². The van der Waals surface area contributed by atoms with Crippen molar-refractivity contribution in [2.45, 2.75) is 38.1 Å². The molecule has 2 rings (SSSR count). The van der Waals surface area contributed by atoms with Gasteiger partial charge in [0.25, 0.3) is 5.91 Å². The Morgan fingerprint density at radius 2 is 2.05 bits per heavy atom. The van der Waals surface area contributed by atoms with Crippen molar-refractivity contribution in [2.75, 3.05) is 6.54 Å². The van der Waals surface area contributed by atoms with Crippen LogP contribution in [0, 0.1) is 5.92 Å². The van der Waals surface area contributed by atoms with Gasteiger partial charge in [0, 0.05) is 22.1 Å². The SMILES string of the molecule is Cl.NCC(NC(=O)c1ccc(Cl)cc1Br)C1CCCCC1. The van der Waals surface area contributed by atoms with Crippen molar-refractivity contribution in [3.8, 4) is 0 Å². The largest absolute Gasteiger partial charge is 0.348 e. The zero-order valence-corrected chi connectivity index (χ0v) is 14.9. The van der Waals surface area contributed by atoms with Gasteiger partial charge in [0.05, 0.1) is 5.56 Å². The smallest absolute Gasteiger partial charge is 0.252 e. The van der Waals surface area contributed by atoms with Crippen molar-refractivity contribution in [1.82, 2.24) is 5.32 Å². The molecule has 21 heavy (non-hydrogen) atoms. The highest BCUT2D eigenvalue weighted by atomic mass is 79.9. The van der Waals surface area contributed by atoms with Crippen LogP contribution in [-0.2, 0) is 0 Å². The molecule has 1 aromatic rings. The Labute approximate surface area is 145 Å². The van der Waals surface area contributed by atoms with E-state index in [0.29, 0.717) is 27.5 Å². The number of hydrogen-bond donors (Lipinski definition) is 2. The molecule has 1 aliphatic rings. The third kappa shape index (κ3) is 5.13. The quantitative estimate of drug-likeness (QED) is 0.803. The number of benzene rings is 1. The summed E-state index contributed by atoms with van der Waals surface area (Å²) in [6.45, 7) is 0.488. The molecule has 3 nitrogen and oxygen atoms in total. The second-order valence-corrected chi connectivity index (χ2v) is 6.63. The van der Waals surface area contributed by atoms with Crippen molar-refractivity contribution >= 4 is 45.8 Å². The molecule has 1 fully saturated rings. The van der Waals surface area contributed by atoms with E-state index in [9.17, 15) is 4.79 Å². The van der Waals surface area contributed by atoms with E-state index in [1.807, 2.05) is 0 Å². The molecule has 118 valence electrons. The fourth-order valence-electron chi connectivity index (χ4n) is 2.83. The topological polar surface area (TPSA) is 55.1 Å². The molecule has 0 spiro atoms. The monoisotopic (exact) mass is 394 g/mol. The van der Waals surface area contributed by atoms with Gasteiger partial charge in [0.15, 0.2) is 0 Å². The number of nitrogens with two attached hydrogens (primary N) is 1. The molecular weight excluding hydrogens is 375 g/mol. The van der Waals surface area contributed by atoms with E-state index in [-0.39, 0.29) is 24.4 Å². The van der Waals surface area contributed by atoms with Crippen LogP contribution in [-0.4, -0.2) is 18.5 Å². The highest BCUT2D eigenvalue weighted by molar-refractivity contribution is 9.10. The zero-order valence-electron chi connectivity index (χ0n) is 11.8. The maximum Gasteiger partial charge on any atom is 0.252 e. The van der Waals surface area contributed by atoms with Crippen molar-refractivity contribution in [2.24, 2.45) is 11.7 Å². The molecule has 0 heterocycles. The molecule has 0 bridgehead atoms. The second-order valence-electron chi connectivity index (χ2n) is 5.34. The van der Waals surface area contributed by atoms with Crippen LogP contribution in [0.3, 0.4) is 0 Å². The van der Waals surface area contributed by atoms with Gasteiger partial charge in [-0.3, -0.25) is 4.79 Å². The predicted octanol–water partition coefficient (Wildman–Crippen LogP) is 4.16. The summed E-state index contributed by atoms with van der Waals surface area (Å²) in [5, 5.41) is 3.68. The van der Waals surface area contributed by atoms with Crippen LogP contribution in [0.2, 0.25) is 5.02 Å². The van der Waals surface area contributed by atoms with Crippen LogP contribution in [0.5, 0.6) is 0 Å². The lowest BCUT2D eigenvalue weighted by atomic mass is 9.84. The number of carbonyl (C=O) groups is 1. The molecule has 0 radical (unpaired) electrons. The van der Waals surface area contributed by atoms with Crippen molar-refractivity contribution in [3.05, 3.63) is 33.3 Å². The molecule has 1 aromatic carbocycles. The Kier molecular flexibility index (Phi) is 8.03. The minimum absolute atomic E-state index is 0. The number of carbonyl (C=O) groups excluding carboxylic acids is 1. The van der Waals surface area contributed by atoms with Gasteiger partial charge in [-0.2, -0.15) is 0 Å². The lowest BCUT2D eigenvalue weighted by molar-refractivity contribution is 0.0915. The summed E-state index contributed by atoms with van der Waals surface area (Å²) in [5.74, 6) is 0.415. The van der Waals surface area contributed by atoms with Crippen LogP contribution in [0.25, 0.3) is 0 Å². The molecule has 1 amide bonds. The van der Waals surface area contributed by atoms with E-state index in [2.05, 4.69) is 21.2 Å². The molecule has 1 atom stereocenters. The lowest BCUT2D eigenvalue weighted by Crippen LogP contribution is -2.46. The molecule has 1 saturated carbocycles. The number of hydrogen-bond acceptors (Lipinski definition) is 2. The van der Waals surface area contributed by atoms with E-state index in [1.165, 1.54) is 19.3 Å². The molecule has 0 saturated heterocycles. The second kappa shape index (κ2) is 8.99. The Bertz CT molecular complexity index is 479. The van der Waals surface area contributed by atoms with Gasteiger partial charge >= 0.3 is 0 Å². The summed E-state index contributed by atoms with van der Waals surface area (Å²) >= 11 is 9.27. The van der Waals surface area contributed by atoms with Crippen molar-refractivity contribution in [3.63, 3.8) is 0 Å². The number of amides is 1. The standard InChI is InChI=1S/C15H20BrClN2O.ClH/c16-13-8-11(17)6-7-12(13)15(20)19-14(9-18)10-4-2-1-3-5-10;/h6-8,10,14H,1-5,9,18H2,(H,19,20);1H. The van der Waals surface area contributed by atoms with Crippen LogP contribution in [0.4, 0.5) is 0 Å². The van der Waals surface area contributed by atoms with Crippen LogP contribution in [0.1, 0.15) is 42.5 Å². The third-order valence-electron chi connectivity index (χ3n) is 3.97. The Balaban J connectivity index is 0.00000220. The first-order valence-electron chi connectivity index (χ1n) is 7.08. The first-order valence-corrected chi connectivity index (χ1v) is 8.25. The molecular formula is C15H21BrCl2N2O. The van der Waals surface area contributed by atoms with E-state index in [4.69, 9.17) is 17.3 Å². The van der Waals surface area contributed by atoms with Crippen LogP contribution < -0.4 is 11.1 Å². The molecule has 1 aliphatic carbocycles. The van der Waals surface area contributed by atoms with E-state index in [1.54, 1.807) is 18.2 Å². The average molecular weight is 396 g/mol. The minimum Gasteiger partial charge on any atom is -0.348 e. The highest BCUT2D eigenvalue weighted by Gasteiger charge is 2.24. The third-order valence-corrected chi connectivity index (χ3v) is 4.86. The average Bonchev–Trinajstić information content (AvgIpc) is 2.45. The molecule has 6 heteroatoms. The van der Waals surface area contributed by atoms with Gasteiger partial charge in [0.1, 0.15) is 0 Å². The van der Waals surface area contributed by atoms with E-state index < -0.39 is 0 Å². The predicted molar refractivity (Wildman–Crippen MR) is 93.3 cm³/mol. The lowest BCUT2D eigenvalue weighted by Gasteiger charge is -2.30. The summed E-state index contributed by atoms with van der Waals surface area (Å²) in [4.78, 5) is 12.3. The van der Waals surface area contributed by atoms with Gasteiger partial charge in [-0.1, -0.05) is 30.9 Å². The summed E-state index contributed by atoms with van der Waals surface area (Å²) < 4.78 is 0.710. The fourth-order valence-corrected chi connectivity index (χ4v) is 3.69. The number of rotatable bonds is 4. The summed E-state index contributed by atoms with van der Waals surface area (Å²) in [6, 6.07) is 5.25. The van der Waals surface area contributed by atoms with E-state index in [0.717, 1.165) is 12.8 Å². The maximum absolute atomic E-state index is 12.3. The number of halogens is 3. The summed E-state index contributed by atoms with van der Waals surface area (Å²) in [6.07, 6.45) is 6.09. The van der Waals surface area contributed by atoms with E-state index >= 15 is 0 Å². The normalized spacial score (nSPS) is 16.9. The van der Waals surface area contributed by atoms with Gasteiger partial charge < -0.3 is 11.1 Å². The first-order chi connectivity index (χ1) is 9.61. The van der Waals surface area contributed by atoms with Gasteiger partial charge in [-0.05, 0) is 52.9 Å². The van der Waals surface area contributed by atoms with Crippen LogP contribution >= 0.6 is 39.9 Å². The van der Waals surface area contributed by atoms with Gasteiger partial charge in [0.2, 0.25) is 0 Å². The highest BCUT2D eigenvalue weighted by Crippen LogP contribution is 2.27. The van der Waals surface area contributed by atoms with Gasteiger partial charge in [-0.15, -0.1) is 12.4 Å². The summed E-state index contributed by atoms with van der Waals surface area (Å²) in [7, 11) is 0. The Morgan fingerprint density at radius 3 is 2.62 bits per heavy atom. The first kappa shape index (κ1) is 18.8. The Morgan fingerprint density at radius 1 is 1.38 bits per heavy atom. The molecule has 0 aliphatic heterocycles. The molecule has 3 N–H and O–H groups in total. The molecule has 0 aromatic heterocycles. The number of nitrogens with one attached hydrogen (secondary N) is 1. The van der Waals surface area contributed by atoms with Crippen molar-refractivity contribution in [1.29, 1.82) is 0 Å². The Hall–Kier alpha value is -0.290. The fraction of sp³-hybridized carbons (Fsp3) is 0.533. The summed E-state index contributed by atoms with van der Waals surface area (Å²) in [5.41, 5.74) is 6.45. The van der Waals surface area contributed by atoms with Crippen molar-refractivity contribution < 1.29 is 4.79 Å². The minimum atomic E-state index is -0.0884. The maximum atomic E-state index is 12.3. The zero-order chi connectivity index (χ0) is 14.5. The van der Waals surface area contributed by atoms with Gasteiger partial charge in [-0.25, -0.2) is 0 Å². The molecule has 1 unspecified atom stereocenters.